The zero-order chi connectivity index (χ0) is 6.41. The van der Waals surface area contributed by atoms with Gasteiger partial charge >= 0.3 is 5.97 Å². The van der Waals surface area contributed by atoms with Gasteiger partial charge in [-0.25, -0.2) is 0 Å². The van der Waals surface area contributed by atoms with Crippen molar-refractivity contribution in [2.75, 3.05) is 0 Å². The van der Waals surface area contributed by atoms with Crippen LogP contribution in [0.15, 0.2) is 0 Å². The molecule has 0 aliphatic heterocycles. The maximum absolute atomic E-state index is 9.81. The molecule has 0 aromatic carbocycles. The summed E-state index contributed by atoms with van der Waals surface area (Å²) in [5.41, 5.74) is 0. The second-order valence-corrected chi connectivity index (χ2v) is 1.32. The molecule has 60 valence electrons. The van der Waals surface area contributed by atoms with Crippen LogP contribution in [-0.2, 0) is 4.79 Å². The van der Waals surface area contributed by atoms with E-state index in [1.165, 1.54) is 0 Å². The minimum atomic E-state index is -0.784. The molecule has 4 heteroatoms. The normalized spacial score (nSPS) is 5.70. The van der Waals surface area contributed by atoms with Gasteiger partial charge < -0.3 is 5.11 Å². The molecule has 2 nitrogen and oxygen atoms in total. The van der Waals surface area contributed by atoms with Crippen LogP contribution in [0.1, 0.15) is 19.8 Å². The molecule has 1 N–H and O–H groups in total. The molecule has 0 amide bonds. The molecule has 0 rings (SSSR count). The highest BCUT2D eigenvalue weighted by molar-refractivity contribution is 5.85. The number of rotatable bonds is 2. The van der Waals surface area contributed by atoms with Crippen molar-refractivity contribution >= 4 is 30.8 Å². The number of carboxylic acid groups (broad SMARTS) is 1. The summed E-state index contributed by atoms with van der Waals surface area (Å²) in [6, 6.07) is 0. The van der Waals surface area contributed by atoms with Crippen molar-refractivity contribution in [3.05, 3.63) is 0 Å². The first-order chi connectivity index (χ1) is 3.77. The molecule has 0 heterocycles. The summed E-state index contributed by atoms with van der Waals surface area (Å²) in [5, 5.41) is 8.07. The molecule has 0 aliphatic rings. The first-order valence-corrected chi connectivity index (χ1v) is 2.38. The highest BCUT2D eigenvalue weighted by Crippen LogP contribution is 1.83. The molecule has 0 aromatic rings. The second kappa shape index (κ2) is 11.4. The van der Waals surface area contributed by atoms with Gasteiger partial charge in [0.05, 0.1) is 6.42 Å². The van der Waals surface area contributed by atoms with Crippen molar-refractivity contribution in [2.45, 2.75) is 19.8 Å². The van der Waals surface area contributed by atoms with Crippen molar-refractivity contribution in [3.8, 4) is 11.8 Å². The Hall–Kier alpha value is -0.390. The van der Waals surface area contributed by atoms with Crippen LogP contribution in [-0.4, -0.2) is 11.1 Å². The van der Waals surface area contributed by atoms with E-state index in [1.807, 2.05) is 0 Å². The minimum Gasteiger partial charge on any atom is -0.481 e. The number of aliphatic carboxylic acids is 1. The van der Waals surface area contributed by atoms with Gasteiger partial charge in [0.25, 0.3) is 0 Å². The van der Waals surface area contributed by atoms with E-state index in [2.05, 4.69) is 11.8 Å². The lowest BCUT2D eigenvalue weighted by Gasteiger charge is -1.81. The Labute approximate surface area is 72.8 Å². The number of hydrogen-bond donors (Lipinski definition) is 1. The topological polar surface area (TPSA) is 37.3 Å². The van der Waals surface area contributed by atoms with Gasteiger partial charge in [-0.3, -0.25) is 4.79 Å². The van der Waals surface area contributed by atoms with Crippen LogP contribution >= 0.6 is 24.8 Å². The Kier molecular flexibility index (Phi) is 18.6. The van der Waals surface area contributed by atoms with E-state index in [-0.39, 0.29) is 31.2 Å². The second-order valence-electron chi connectivity index (χ2n) is 1.32. The summed E-state index contributed by atoms with van der Waals surface area (Å²) in [4.78, 5) is 9.81. The van der Waals surface area contributed by atoms with Gasteiger partial charge in [-0.2, -0.15) is 0 Å². The molecule has 10 heavy (non-hydrogen) atoms. The van der Waals surface area contributed by atoms with E-state index in [0.29, 0.717) is 6.42 Å². The van der Waals surface area contributed by atoms with Gasteiger partial charge in [0.15, 0.2) is 0 Å². The van der Waals surface area contributed by atoms with Crippen LogP contribution in [0.4, 0.5) is 0 Å². The molecule has 0 saturated carbocycles. The van der Waals surface area contributed by atoms with Crippen molar-refractivity contribution < 1.29 is 9.90 Å². The first kappa shape index (κ1) is 16.3. The quantitative estimate of drug-likeness (QED) is 0.665. The summed E-state index contributed by atoms with van der Waals surface area (Å²) in [7, 11) is 0. The SMILES string of the molecule is CC#CCCC(=O)O.Cl.Cl. The van der Waals surface area contributed by atoms with E-state index in [9.17, 15) is 4.79 Å². The Morgan fingerprint density at radius 1 is 1.50 bits per heavy atom. The zero-order valence-electron chi connectivity index (χ0n) is 5.59. The summed E-state index contributed by atoms with van der Waals surface area (Å²) < 4.78 is 0. The third kappa shape index (κ3) is 15.6. The van der Waals surface area contributed by atoms with Crippen molar-refractivity contribution in [1.29, 1.82) is 0 Å². The van der Waals surface area contributed by atoms with Gasteiger partial charge in [0.2, 0.25) is 0 Å². The van der Waals surface area contributed by atoms with Gasteiger partial charge in [-0.05, 0) is 6.92 Å². The summed E-state index contributed by atoms with van der Waals surface area (Å²) >= 11 is 0. The van der Waals surface area contributed by atoms with E-state index < -0.39 is 5.97 Å². The average Bonchev–Trinajstić information content (AvgIpc) is 1.66. The number of carbonyl (C=O) groups is 1. The van der Waals surface area contributed by atoms with Gasteiger partial charge in [-0.1, -0.05) is 0 Å². The minimum absolute atomic E-state index is 0. The summed E-state index contributed by atoms with van der Waals surface area (Å²) in [6.07, 6.45) is 0.618. The Morgan fingerprint density at radius 3 is 2.30 bits per heavy atom. The van der Waals surface area contributed by atoms with Gasteiger partial charge in [0.1, 0.15) is 0 Å². The fraction of sp³-hybridized carbons (Fsp3) is 0.500. The van der Waals surface area contributed by atoms with Crippen molar-refractivity contribution in [1.82, 2.24) is 0 Å². The number of carboxylic acids is 1. The van der Waals surface area contributed by atoms with Crippen LogP contribution < -0.4 is 0 Å². The fourth-order valence-corrected chi connectivity index (χ4v) is 0.294. The third-order valence-corrected chi connectivity index (χ3v) is 0.641. The molecule has 0 spiro atoms. The smallest absolute Gasteiger partial charge is 0.304 e. The molecule has 0 aliphatic carbocycles. The highest BCUT2D eigenvalue weighted by Gasteiger charge is 1.89. The molecule has 0 bridgehead atoms. The van der Waals surface area contributed by atoms with Crippen LogP contribution in [0.3, 0.4) is 0 Å². The van der Waals surface area contributed by atoms with E-state index in [1.54, 1.807) is 6.92 Å². The lowest BCUT2D eigenvalue weighted by atomic mass is 10.3. The summed E-state index contributed by atoms with van der Waals surface area (Å²) in [5.74, 6) is 4.47. The van der Waals surface area contributed by atoms with Crippen molar-refractivity contribution in [2.24, 2.45) is 0 Å². The summed E-state index contributed by atoms with van der Waals surface area (Å²) in [6.45, 7) is 1.70. The fourth-order valence-electron chi connectivity index (χ4n) is 0.294. The largest absolute Gasteiger partial charge is 0.481 e. The molecule has 0 fully saturated rings. The molecular formula is C6H10Cl2O2. The Bertz CT molecular complexity index is 134. The maximum Gasteiger partial charge on any atom is 0.304 e. The van der Waals surface area contributed by atoms with Gasteiger partial charge in [-0.15, -0.1) is 36.7 Å². The van der Waals surface area contributed by atoms with Crippen LogP contribution in [0.2, 0.25) is 0 Å². The highest BCUT2D eigenvalue weighted by atomic mass is 35.5. The van der Waals surface area contributed by atoms with E-state index in [4.69, 9.17) is 5.11 Å². The van der Waals surface area contributed by atoms with Crippen molar-refractivity contribution in [3.63, 3.8) is 0 Å². The Morgan fingerprint density at radius 2 is 2.00 bits per heavy atom. The first-order valence-electron chi connectivity index (χ1n) is 2.38. The molecule has 0 radical (unpaired) electrons. The number of halogens is 2. The molecule has 0 saturated heterocycles. The lowest BCUT2D eigenvalue weighted by Crippen LogP contribution is -1.91. The monoisotopic (exact) mass is 184 g/mol. The Balaban J connectivity index is -0.000000245. The molecular weight excluding hydrogens is 175 g/mol. The van der Waals surface area contributed by atoms with E-state index >= 15 is 0 Å². The van der Waals surface area contributed by atoms with E-state index in [0.717, 1.165) is 0 Å². The van der Waals surface area contributed by atoms with Crippen LogP contribution in [0, 0.1) is 11.8 Å². The third-order valence-electron chi connectivity index (χ3n) is 0.641. The molecule has 0 aromatic heterocycles. The zero-order valence-corrected chi connectivity index (χ0v) is 7.22. The molecule has 0 unspecified atom stereocenters. The maximum atomic E-state index is 9.81. The van der Waals surface area contributed by atoms with Crippen LogP contribution in [0.25, 0.3) is 0 Å². The lowest BCUT2D eigenvalue weighted by molar-refractivity contribution is -0.136. The standard InChI is InChI=1S/C6H8O2.2ClH/c1-2-3-4-5-6(7)8;;/h4-5H2,1H3,(H,7,8);2*1H. The van der Waals surface area contributed by atoms with Crippen LogP contribution in [0.5, 0.6) is 0 Å². The number of hydrogen-bond acceptors (Lipinski definition) is 1. The predicted molar refractivity (Wildman–Crippen MR) is 44.8 cm³/mol. The average molecular weight is 185 g/mol. The molecule has 0 atom stereocenters. The predicted octanol–water partition coefficient (Wildman–Crippen LogP) is 1.72. The van der Waals surface area contributed by atoms with Gasteiger partial charge in [0, 0.05) is 6.42 Å².